The van der Waals surface area contributed by atoms with Gasteiger partial charge < -0.3 is 15.2 Å². The highest BCUT2D eigenvalue weighted by Gasteiger charge is 2.26. The minimum atomic E-state index is -1.04. The number of carboxylic acid groups (broad SMARTS) is 1. The molecule has 1 fully saturated rings. The molecule has 8 heteroatoms. The van der Waals surface area contributed by atoms with Gasteiger partial charge in [0.15, 0.2) is 5.69 Å². The number of nitrogens with one attached hydrogen (secondary N) is 1. The van der Waals surface area contributed by atoms with Crippen LogP contribution < -0.4 is 10.1 Å². The number of amides is 1. The highest BCUT2D eigenvalue weighted by molar-refractivity contribution is 5.93. The van der Waals surface area contributed by atoms with Gasteiger partial charge in [0.05, 0.1) is 19.1 Å². The van der Waals surface area contributed by atoms with Crippen LogP contribution in [-0.2, 0) is 4.79 Å². The van der Waals surface area contributed by atoms with Crippen LogP contribution in [0.3, 0.4) is 0 Å². The zero-order chi connectivity index (χ0) is 23.5. The Hall–Kier alpha value is -3.68. The Morgan fingerprint density at radius 3 is 2.67 bits per heavy atom. The summed E-state index contributed by atoms with van der Waals surface area (Å²) in [7, 11) is 0. The predicted octanol–water partition coefficient (Wildman–Crippen LogP) is 4.36. The number of aryl methyl sites for hydroxylation is 1. The molecule has 2 aromatic carbocycles. The molecular formula is C25H26FN3O4. The van der Waals surface area contributed by atoms with Crippen LogP contribution in [0.5, 0.6) is 5.88 Å². The van der Waals surface area contributed by atoms with Gasteiger partial charge in [-0.25, -0.2) is 4.39 Å². The van der Waals surface area contributed by atoms with Gasteiger partial charge in [-0.15, -0.1) is 0 Å². The van der Waals surface area contributed by atoms with E-state index in [1.165, 1.54) is 16.8 Å². The zero-order valence-corrected chi connectivity index (χ0v) is 18.5. The van der Waals surface area contributed by atoms with Gasteiger partial charge in [0, 0.05) is 6.07 Å². The molecule has 1 saturated carbocycles. The van der Waals surface area contributed by atoms with Crippen LogP contribution in [-0.4, -0.2) is 33.4 Å². The molecular weight excluding hydrogens is 425 g/mol. The molecule has 1 aliphatic carbocycles. The number of aliphatic carboxylic acids is 1. The number of hydrogen-bond donors (Lipinski definition) is 2. The van der Waals surface area contributed by atoms with Crippen molar-refractivity contribution in [2.45, 2.75) is 39.2 Å². The van der Waals surface area contributed by atoms with Gasteiger partial charge in [0.25, 0.3) is 5.91 Å². The van der Waals surface area contributed by atoms with Crippen molar-refractivity contribution >= 4 is 11.9 Å². The van der Waals surface area contributed by atoms with Gasteiger partial charge in [-0.3, -0.25) is 9.59 Å². The Morgan fingerprint density at radius 1 is 1.21 bits per heavy atom. The van der Waals surface area contributed by atoms with Gasteiger partial charge in [0.1, 0.15) is 11.5 Å². The van der Waals surface area contributed by atoms with E-state index < -0.39 is 23.7 Å². The van der Waals surface area contributed by atoms with E-state index in [2.05, 4.69) is 10.4 Å². The normalized spacial score (nSPS) is 14.0. The lowest BCUT2D eigenvalue weighted by Gasteiger charge is -2.20. The average Bonchev–Trinajstić information content (AvgIpc) is 3.51. The molecule has 3 aromatic rings. The maximum atomic E-state index is 14.5. The summed E-state index contributed by atoms with van der Waals surface area (Å²) in [6.07, 6.45) is 1.87. The number of carbonyl (C=O) groups excluding carboxylic acids is 1. The van der Waals surface area contributed by atoms with E-state index in [4.69, 9.17) is 4.74 Å². The number of halogens is 1. The van der Waals surface area contributed by atoms with Gasteiger partial charge in [0.2, 0.25) is 5.88 Å². The Bertz CT molecular complexity index is 1190. The fraction of sp³-hybridized carbons (Fsp3) is 0.320. The number of carboxylic acids is 1. The van der Waals surface area contributed by atoms with Gasteiger partial charge in [-0.2, -0.15) is 9.78 Å². The molecule has 33 heavy (non-hydrogen) atoms. The summed E-state index contributed by atoms with van der Waals surface area (Å²) in [5.74, 6) is -1.38. The molecule has 0 aliphatic heterocycles. The number of para-hydroxylation sites is 1. The monoisotopic (exact) mass is 451 g/mol. The fourth-order valence-electron chi connectivity index (χ4n) is 3.66. The van der Waals surface area contributed by atoms with Gasteiger partial charge in [-0.05, 0) is 61.4 Å². The second kappa shape index (κ2) is 9.44. The summed E-state index contributed by atoms with van der Waals surface area (Å²) in [6.45, 7) is 4.28. The molecule has 172 valence electrons. The highest BCUT2D eigenvalue weighted by atomic mass is 19.1. The molecule has 0 bridgehead atoms. The lowest BCUT2D eigenvalue weighted by atomic mass is 9.95. The average molecular weight is 451 g/mol. The molecule has 0 saturated heterocycles. The second-order valence-corrected chi connectivity index (χ2v) is 8.40. The molecule has 1 amide bonds. The molecule has 1 heterocycles. The lowest BCUT2D eigenvalue weighted by Crippen LogP contribution is -2.31. The van der Waals surface area contributed by atoms with Crippen molar-refractivity contribution in [1.29, 1.82) is 0 Å². The topological polar surface area (TPSA) is 93.5 Å². The maximum Gasteiger partial charge on any atom is 0.305 e. The number of hydrogen-bond acceptors (Lipinski definition) is 4. The second-order valence-electron chi connectivity index (χ2n) is 8.40. The minimum Gasteiger partial charge on any atom is -0.481 e. The van der Waals surface area contributed by atoms with Crippen LogP contribution in [0.4, 0.5) is 4.39 Å². The van der Waals surface area contributed by atoms with Crippen LogP contribution in [0.2, 0.25) is 0 Å². The number of ether oxygens (including phenoxy) is 1. The van der Waals surface area contributed by atoms with E-state index in [1.807, 2.05) is 26.0 Å². The van der Waals surface area contributed by atoms with E-state index >= 15 is 0 Å². The predicted molar refractivity (Wildman–Crippen MR) is 120 cm³/mol. The van der Waals surface area contributed by atoms with E-state index in [9.17, 15) is 19.1 Å². The number of benzene rings is 2. The third-order valence-electron chi connectivity index (χ3n) is 5.86. The number of rotatable bonds is 9. The standard InChI is InChI=1S/C25H26FN3O4/c1-15-6-5-7-18(16(15)2)20(13-24(30)31)27-25(32)21-12-23(33-14-17-10-11-17)29(28-21)22-9-4-3-8-19(22)26/h3-9,12,17,20H,10-11,13-14H2,1-2H3,(H,27,32)(H,30,31). The van der Waals surface area contributed by atoms with Crippen molar-refractivity contribution in [3.05, 3.63) is 76.7 Å². The van der Waals surface area contributed by atoms with Crippen molar-refractivity contribution < 1.29 is 23.8 Å². The third kappa shape index (κ3) is 5.22. The molecule has 7 nitrogen and oxygen atoms in total. The van der Waals surface area contributed by atoms with E-state index in [1.54, 1.807) is 24.3 Å². The van der Waals surface area contributed by atoms with E-state index in [-0.39, 0.29) is 23.7 Å². The van der Waals surface area contributed by atoms with Crippen molar-refractivity contribution in [3.63, 3.8) is 0 Å². The van der Waals surface area contributed by atoms with Crippen molar-refractivity contribution in [1.82, 2.24) is 15.1 Å². The summed E-state index contributed by atoms with van der Waals surface area (Å²) >= 11 is 0. The lowest BCUT2D eigenvalue weighted by molar-refractivity contribution is -0.137. The first kappa shape index (κ1) is 22.5. The van der Waals surface area contributed by atoms with Crippen LogP contribution >= 0.6 is 0 Å². The number of carbonyl (C=O) groups is 2. The smallest absolute Gasteiger partial charge is 0.305 e. The first-order valence-corrected chi connectivity index (χ1v) is 10.9. The molecule has 1 aliphatic rings. The SMILES string of the molecule is Cc1cccc(C(CC(=O)O)NC(=O)c2cc(OCC3CC3)n(-c3ccccc3F)n2)c1C. The molecule has 1 atom stereocenters. The summed E-state index contributed by atoms with van der Waals surface area (Å²) in [5.41, 5.74) is 2.82. The molecule has 1 unspecified atom stereocenters. The molecule has 0 radical (unpaired) electrons. The summed E-state index contributed by atoms with van der Waals surface area (Å²) in [5, 5.41) is 16.5. The van der Waals surface area contributed by atoms with Gasteiger partial charge in [-0.1, -0.05) is 30.3 Å². The zero-order valence-electron chi connectivity index (χ0n) is 18.5. The van der Waals surface area contributed by atoms with Crippen molar-refractivity contribution in [2.75, 3.05) is 6.61 Å². The van der Waals surface area contributed by atoms with Gasteiger partial charge >= 0.3 is 5.97 Å². The third-order valence-corrected chi connectivity index (χ3v) is 5.86. The van der Waals surface area contributed by atoms with Crippen LogP contribution in [0, 0.1) is 25.6 Å². The van der Waals surface area contributed by atoms with E-state index in [0.717, 1.165) is 29.5 Å². The Morgan fingerprint density at radius 2 is 1.97 bits per heavy atom. The Labute approximate surface area is 191 Å². The van der Waals surface area contributed by atoms with Crippen molar-refractivity contribution in [3.8, 4) is 11.6 Å². The first-order chi connectivity index (χ1) is 15.8. The molecule has 1 aromatic heterocycles. The molecule has 4 rings (SSSR count). The van der Waals surface area contributed by atoms with Crippen LogP contribution in [0.15, 0.2) is 48.5 Å². The van der Waals surface area contributed by atoms with E-state index in [0.29, 0.717) is 12.5 Å². The Kier molecular flexibility index (Phi) is 6.44. The summed E-state index contributed by atoms with van der Waals surface area (Å²) in [6, 6.07) is 12.4. The summed E-state index contributed by atoms with van der Waals surface area (Å²) < 4.78 is 21.6. The molecule has 0 spiro atoms. The van der Waals surface area contributed by atoms with Crippen LogP contribution in [0.25, 0.3) is 5.69 Å². The maximum absolute atomic E-state index is 14.5. The number of nitrogens with zero attached hydrogens (tertiary/aromatic N) is 2. The molecule has 2 N–H and O–H groups in total. The Balaban J connectivity index is 1.64. The quantitative estimate of drug-likeness (QED) is 0.504. The van der Waals surface area contributed by atoms with Crippen LogP contribution in [0.1, 0.15) is 52.5 Å². The number of aromatic nitrogens is 2. The fourth-order valence-corrected chi connectivity index (χ4v) is 3.66. The van der Waals surface area contributed by atoms with Crippen molar-refractivity contribution in [2.24, 2.45) is 5.92 Å². The largest absolute Gasteiger partial charge is 0.481 e. The highest BCUT2D eigenvalue weighted by Crippen LogP contribution is 2.31. The first-order valence-electron chi connectivity index (χ1n) is 10.9. The summed E-state index contributed by atoms with van der Waals surface area (Å²) in [4.78, 5) is 24.6. The minimum absolute atomic E-state index is 0.0183.